The van der Waals surface area contributed by atoms with Gasteiger partial charge in [0.2, 0.25) is 0 Å². The normalized spacial score (nSPS) is 9.75. The van der Waals surface area contributed by atoms with Crippen molar-refractivity contribution in [2.45, 2.75) is 9.92 Å². The Balaban J connectivity index is 2.35. The Kier molecular flexibility index (Phi) is 3.13. The molecular weight excluding hydrogens is 225 g/mol. The number of hydrogen-bond acceptors (Lipinski definition) is 4. The molecule has 0 radical (unpaired) electrons. The van der Waals surface area contributed by atoms with Crippen LogP contribution in [0.25, 0.3) is 0 Å². The Morgan fingerprint density at radius 1 is 1.25 bits per heavy atom. The molecule has 1 aromatic carbocycles. The topological polar surface area (TPSA) is 49.6 Å². The summed E-state index contributed by atoms with van der Waals surface area (Å²) in [4.78, 5) is 0.430. The summed E-state index contributed by atoms with van der Waals surface area (Å²) in [5, 5.41) is 16.7. The van der Waals surface area contributed by atoms with Crippen LogP contribution in [0, 0.1) is 17.1 Å². The smallest absolute Gasteiger partial charge is 0.141 e. The van der Waals surface area contributed by atoms with Gasteiger partial charge in [0, 0.05) is 4.90 Å². The first-order chi connectivity index (χ1) is 7.81. The zero-order valence-electron chi connectivity index (χ0n) is 8.09. The van der Waals surface area contributed by atoms with Crippen LogP contribution in [0.3, 0.4) is 0 Å². The number of nitriles is 1. The lowest BCUT2D eigenvalue weighted by Gasteiger charge is -2.02. The zero-order valence-corrected chi connectivity index (χ0v) is 8.91. The Morgan fingerprint density at radius 2 is 2.06 bits per heavy atom. The van der Waals surface area contributed by atoms with Crippen molar-refractivity contribution in [1.82, 2.24) is 10.2 Å². The number of aromatic nitrogens is 2. The van der Waals surface area contributed by atoms with Gasteiger partial charge in [0.25, 0.3) is 0 Å². The van der Waals surface area contributed by atoms with Crippen molar-refractivity contribution in [3.8, 4) is 6.07 Å². The largest absolute Gasteiger partial charge is 0.206 e. The summed E-state index contributed by atoms with van der Waals surface area (Å²) in [6, 6.07) is 9.88. The quantitative estimate of drug-likeness (QED) is 0.797. The average Bonchev–Trinajstić information content (AvgIpc) is 2.33. The second-order valence-electron chi connectivity index (χ2n) is 2.89. The molecule has 16 heavy (non-hydrogen) atoms. The molecule has 0 saturated carbocycles. The maximum Gasteiger partial charge on any atom is 0.141 e. The monoisotopic (exact) mass is 231 g/mol. The van der Waals surface area contributed by atoms with Gasteiger partial charge in [-0.2, -0.15) is 10.4 Å². The molecule has 0 fully saturated rings. The molecule has 2 aromatic rings. The number of halogens is 1. The third-order valence-corrected chi connectivity index (χ3v) is 2.90. The van der Waals surface area contributed by atoms with Gasteiger partial charge < -0.3 is 0 Å². The van der Waals surface area contributed by atoms with Crippen LogP contribution in [0.5, 0.6) is 0 Å². The van der Waals surface area contributed by atoms with Gasteiger partial charge in [0.15, 0.2) is 0 Å². The second-order valence-corrected chi connectivity index (χ2v) is 3.92. The van der Waals surface area contributed by atoms with Gasteiger partial charge >= 0.3 is 0 Å². The molecular formula is C11H6FN3S. The van der Waals surface area contributed by atoms with E-state index in [0.717, 1.165) is 11.8 Å². The Hall–Kier alpha value is -1.93. The average molecular weight is 231 g/mol. The molecule has 0 amide bonds. The van der Waals surface area contributed by atoms with Crippen molar-refractivity contribution in [3.05, 3.63) is 47.9 Å². The van der Waals surface area contributed by atoms with Crippen molar-refractivity contribution < 1.29 is 4.39 Å². The van der Waals surface area contributed by atoms with Gasteiger partial charge in [-0.25, -0.2) is 4.39 Å². The number of hydrogen-bond donors (Lipinski definition) is 0. The predicted molar refractivity (Wildman–Crippen MR) is 57.3 cm³/mol. The molecule has 0 aliphatic rings. The molecule has 0 aliphatic carbocycles. The Labute approximate surface area is 95.9 Å². The van der Waals surface area contributed by atoms with E-state index in [4.69, 9.17) is 5.26 Å². The molecule has 3 nitrogen and oxygen atoms in total. The van der Waals surface area contributed by atoms with Gasteiger partial charge in [-0.1, -0.05) is 23.9 Å². The van der Waals surface area contributed by atoms with Gasteiger partial charge in [0.1, 0.15) is 16.9 Å². The molecule has 0 aliphatic heterocycles. The molecule has 1 heterocycles. The van der Waals surface area contributed by atoms with Crippen LogP contribution in [0.4, 0.5) is 4.39 Å². The van der Waals surface area contributed by atoms with E-state index in [1.165, 1.54) is 12.3 Å². The summed E-state index contributed by atoms with van der Waals surface area (Å²) in [6.45, 7) is 0. The van der Waals surface area contributed by atoms with Crippen LogP contribution in [0.15, 0.2) is 46.5 Å². The minimum atomic E-state index is -0.331. The van der Waals surface area contributed by atoms with Crippen molar-refractivity contribution >= 4 is 11.8 Å². The minimum Gasteiger partial charge on any atom is -0.206 e. The second kappa shape index (κ2) is 4.73. The first kappa shape index (κ1) is 10.6. The van der Waals surface area contributed by atoms with Gasteiger partial charge in [-0.3, -0.25) is 0 Å². The highest BCUT2D eigenvalue weighted by atomic mass is 32.2. The van der Waals surface area contributed by atoms with Crippen LogP contribution >= 0.6 is 11.8 Å². The predicted octanol–water partition coefficient (Wildman–Crippen LogP) is 2.64. The van der Waals surface area contributed by atoms with E-state index >= 15 is 0 Å². The van der Waals surface area contributed by atoms with Crippen LogP contribution in [0.2, 0.25) is 0 Å². The van der Waals surface area contributed by atoms with Crippen molar-refractivity contribution in [2.24, 2.45) is 0 Å². The van der Waals surface area contributed by atoms with Gasteiger partial charge in [0.05, 0.1) is 11.8 Å². The van der Waals surface area contributed by atoms with Crippen molar-refractivity contribution in [2.75, 3.05) is 0 Å². The van der Waals surface area contributed by atoms with E-state index in [1.807, 2.05) is 6.07 Å². The maximum atomic E-state index is 13.4. The third kappa shape index (κ3) is 2.18. The van der Waals surface area contributed by atoms with E-state index in [-0.39, 0.29) is 5.82 Å². The van der Waals surface area contributed by atoms with Gasteiger partial charge in [-0.05, 0) is 18.2 Å². The minimum absolute atomic E-state index is 0.331. The Bertz CT molecular complexity index is 551. The summed E-state index contributed by atoms with van der Waals surface area (Å²) >= 11 is 1.09. The van der Waals surface area contributed by atoms with E-state index in [0.29, 0.717) is 15.5 Å². The first-order valence-corrected chi connectivity index (χ1v) is 5.27. The molecule has 0 unspecified atom stereocenters. The highest BCUT2D eigenvalue weighted by molar-refractivity contribution is 7.99. The lowest BCUT2D eigenvalue weighted by molar-refractivity contribution is 0.602. The van der Waals surface area contributed by atoms with Crippen LogP contribution in [0.1, 0.15) is 5.56 Å². The summed E-state index contributed by atoms with van der Waals surface area (Å²) < 4.78 is 13.4. The number of nitrogens with zero attached hydrogens (tertiary/aromatic N) is 3. The fourth-order valence-corrected chi connectivity index (χ4v) is 1.94. The van der Waals surface area contributed by atoms with Gasteiger partial charge in [-0.15, -0.1) is 5.10 Å². The highest BCUT2D eigenvalue weighted by Crippen LogP contribution is 2.29. The van der Waals surface area contributed by atoms with E-state index < -0.39 is 0 Å². The Morgan fingerprint density at radius 3 is 2.81 bits per heavy atom. The van der Waals surface area contributed by atoms with Crippen LogP contribution < -0.4 is 0 Å². The maximum absolute atomic E-state index is 13.4. The lowest BCUT2D eigenvalue weighted by Crippen LogP contribution is -1.90. The van der Waals surface area contributed by atoms with Crippen molar-refractivity contribution in [1.29, 1.82) is 5.26 Å². The van der Waals surface area contributed by atoms with E-state index in [2.05, 4.69) is 10.2 Å². The molecule has 5 heteroatoms. The summed E-state index contributed by atoms with van der Waals surface area (Å²) in [6.07, 6.45) is 1.43. The van der Waals surface area contributed by atoms with E-state index in [1.54, 1.807) is 24.3 Å². The standard InChI is InChI=1S/C11H6FN3S/c12-9-3-1-2-4-10(9)16-11-8(7-13)5-6-14-15-11/h1-6H. The zero-order chi connectivity index (χ0) is 11.4. The lowest BCUT2D eigenvalue weighted by atomic mass is 10.3. The van der Waals surface area contributed by atoms with Crippen LogP contribution in [-0.2, 0) is 0 Å². The third-order valence-electron chi connectivity index (χ3n) is 1.85. The number of benzene rings is 1. The summed E-state index contributed by atoms with van der Waals surface area (Å²) in [5.74, 6) is -0.331. The molecule has 0 atom stereocenters. The van der Waals surface area contributed by atoms with Crippen molar-refractivity contribution in [3.63, 3.8) is 0 Å². The number of rotatable bonds is 2. The molecule has 0 bridgehead atoms. The molecule has 2 rings (SSSR count). The fourth-order valence-electron chi connectivity index (χ4n) is 1.11. The molecule has 0 saturated heterocycles. The molecule has 78 valence electrons. The van der Waals surface area contributed by atoms with Crippen LogP contribution in [-0.4, -0.2) is 10.2 Å². The first-order valence-electron chi connectivity index (χ1n) is 4.45. The highest BCUT2D eigenvalue weighted by Gasteiger charge is 2.08. The fraction of sp³-hybridized carbons (Fsp3) is 0. The van der Waals surface area contributed by atoms with E-state index in [9.17, 15) is 4.39 Å². The summed E-state index contributed by atoms with van der Waals surface area (Å²) in [5.41, 5.74) is 0.392. The summed E-state index contributed by atoms with van der Waals surface area (Å²) in [7, 11) is 0. The molecule has 0 spiro atoms. The molecule has 1 aromatic heterocycles. The molecule has 0 N–H and O–H groups in total. The SMILES string of the molecule is N#Cc1ccnnc1Sc1ccccc1F.